The number of hydrogen-bond acceptors (Lipinski definition) is 5. The zero-order valence-electron chi connectivity index (χ0n) is 17.2. The van der Waals surface area contributed by atoms with E-state index in [1.807, 2.05) is 23.1 Å². The minimum absolute atomic E-state index is 0. The maximum absolute atomic E-state index is 12.7. The Morgan fingerprint density at radius 3 is 2.55 bits per heavy atom. The van der Waals surface area contributed by atoms with Gasteiger partial charge in [0, 0.05) is 31.2 Å². The number of aromatic nitrogens is 1. The quantitative estimate of drug-likeness (QED) is 0.405. The number of carbonyl (C=O) groups excluding carboxylic acids is 2. The van der Waals surface area contributed by atoms with Crippen LogP contribution in [0.15, 0.2) is 54.6 Å². The summed E-state index contributed by atoms with van der Waals surface area (Å²) in [5.74, 6) is 0.410. The number of carbonyl (C=O) groups is 2. The Bertz CT molecular complexity index is 961. The predicted octanol–water partition coefficient (Wildman–Crippen LogP) is 3.45. The Morgan fingerprint density at radius 2 is 1.84 bits per heavy atom. The van der Waals surface area contributed by atoms with Crippen molar-refractivity contribution in [1.29, 1.82) is 0 Å². The number of rotatable bonds is 6. The first kappa shape index (κ1) is 24.1. The molecule has 1 fully saturated rings. The molecule has 3 rings (SSSR count). The first-order valence-electron chi connectivity index (χ1n) is 9.80. The molecule has 2 N–H and O–H groups in total. The fourth-order valence-corrected chi connectivity index (χ4v) is 3.55. The number of benzene rings is 1. The number of likely N-dealkylation sites (tertiary alicyclic amines) is 1. The Morgan fingerprint density at radius 1 is 1.13 bits per heavy atom. The number of halogens is 1. The molecule has 2 aromatic rings. The molecule has 31 heavy (non-hydrogen) atoms. The molecule has 0 saturated carbocycles. The molecule has 1 aliphatic rings. The first-order valence-corrected chi connectivity index (χ1v) is 9.80. The van der Waals surface area contributed by atoms with Crippen molar-refractivity contribution in [1.82, 2.24) is 15.4 Å². The van der Waals surface area contributed by atoms with Gasteiger partial charge in [-0.1, -0.05) is 24.3 Å². The maximum Gasteiger partial charge on any atom is 0.267 e. The molecule has 1 aromatic carbocycles. The van der Waals surface area contributed by atoms with Crippen molar-refractivity contribution in [3.63, 3.8) is 0 Å². The highest BCUT2D eigenvalue weighted by Crippen LogP contribution is 2.33. The molecule has 1 unspecified atom stereocenters. The van der Waals surface area contributed by atoms with Crippen LogP contribution in [0, 0.1) is 0 Å². The number of nitrogens with zero attached hydrogens (tertiary/aromatic N) is 2. The van der Waals surface area contributed by atoms with Gasteiger partial charge in [-0.3, -0.25) is 14.8 Å². The van der Waals surface area contributed by atoms with Crippen LogP contribution in [0.2, 0.25) is 0 Å². The predicted molar refractivity (Wildman–Crippen MR) is 121 cm³/mol. The van der Waals surface area contributed by atoms with Crippen LogP contribution in [0.3, 0.4) is 0 Å². The smallest absolute Gasteiger partial charge is 0.267 e. The number of amides is 2. The zero-order chi connectivity index (χ0) is 21.3. The molecule has 8 heteroatoms. The van der Waals surface area contributed by atoms with Crippen molar-refractivity contribution in [3.05, 3.63) is 71.6 Å². The number of methoxy groups -OCH3 is 1. The number of nitrogens with one attached hydrogen (secondary N) is 1. The molecule has 7 nitrogen and oxygen atoms in total. The molecule has 0 spiro atoms. The van der Waals surface area contributed by atoms with Crippen LogP contribution in [0.4, 0.5) is 0 Å². The number of hydrogen-bond donors (Lipinski definition) is 2. The van der Waals surface area contributed by atoms with Crippen LogP contribution < -0.4 is 10.2 Å². The SMILES string of the molecule is COc1ccccc1C1CCCN(C(=O)/C=C/c2cccc(/C=C/C(=O)NO)n2)C1.Cl. The number of piperidine rings is 1. The molecule has 2 heterocycles. The Labute approximate surface area is 187 Å². The Kier molecular flexibility index (Phi) is 9.24. The highest BCUT2D eigenvalue weighted by molar-refractivity contribution is 5.92. The van der Waals surface area contributed by atoms with Crippen LogP contribution in [-0.2, 0) is 9.59 Å². The van der Waals surface area contributed by atoms with Crippen molar-refractivity contribution >= 4 is 36.4 Å². The van der Waals surface area contributed by atoms with Crippen LogP contribution in [0.25, 0.3) is 12.2 Å². The molecule has 1 aromatic heterocycles. The lowest BCUT2D eigenvalue weighted by Crippen LogP contribution is -2.38. The van der Waals surface area contributed by atoms with E-state index in [1.54, 1.807) is 31.4 Å². The lowest BCUT2D eigenvalue weighted by molar-refractivity contribution is -0.127. The van der Waals surface area contributed by atoms with Crippen molar-refractivity contribution in [2.24, 2.45) is 0 Å². The molecule has 0 aliphatic carbocycles. The molecular formula is C23H26ClN3O4. The number of ether oxygens (including phenoxy) is 1. The topological polar surface area (TPSA) is 91.8 Å². The maximum atomic E-state index is 12.7. The van der Waals surface area contributed by atoms with Crippen molar-refractivity contribution in [2.45, 2.75) is 18.8 Å². The summed E-state index contributed by atoms with van der Waals surface area (Å²) in [6.07, 6.45) is 7.80. The van der Waals surface area contributed by atoms with E-state index >= 15 is 0 Å². The van der Waals surface area contributed by atoms with E-state index in [9.17, 15) is 9.59 Å². The summed E-state index contributed by atoms with van der Waals surface area (Å²) in [5.41, 5.74) is 3.81. The van der Waals surface area contributed by atoms with Gasteiger partial charge in [0.25, 0.3) is 5.91 Å². The standard InChI is InChI=1S/C23H25N3O4.ClH/c1-30-21-10-3-2-9-20(21)17-6-5-15-26(16-17)23(28)14-12-19-8-4-7-18(24-19)11-13-22(27)25-29;/h2-4,7-14,17,29H,5-6,15-16H2,1H3,(H,25,27);1H/b13-11+,14-12+;. The fraction of sp³-hybridized carbons (Fsp3) is 0.261. The highest BCUT2D eigenvalue weighted by Gasteiger charge is 2.25. The second-order valence-electron chi connectivity index (χ2n) is 7.00. The summed E-state index contributed by atoms with van der Waals surface area (Å²) in [5, 5.41) is 8.53. The van der Waals surface area contributed by atoms with E-state index < -0.39 is 5.91 Å². The van der Waals surface area contributed by atoms with Gasteiger partial charge < -0.3 is 9.64 Å². The summed E-state index contributed by atoms with van der Waals surface area (Å²) in [4.78, 5) is 30.0. The minimum atomic E-state index is -0.636. The van der Waals surface area contributed by atoms with Crippen LogP contribution >= 0.6 is 12.4 Å². The molecule has 0 radical (unpaired) electrons. The number of hydroxylamine groups is 1. The number of pyridine rings is 1. The molecule has 164 valence electrons. The average Bonchev–Trinajstić information content (AvgIpc) is 2.81. The highest BCUT2D eigenvalue weighted by atomic mass is 35.5. The molecule has 1 aliphatic heterocycles. The van der Waals surface area contributed by atoms with E-state index in [0.717, 1.165) is 30.7 Å². The average molecular weight is 444 g/mol. The van der Waals surface area contributed by atoms with E-state index in [0.29, 0.717) is 17.9 Å². The molecular weight excluding hydrogens is 418 g/mol. The monoisotopic (exact) mass is 443 g/mol. The molecule has 2 amide bonds. The molecule has 1 saturated heterocycles. The summed E-state index contributed by atoms with van der Waals surface area (Å²) >= 11 is 0. The lowest BCUT2D eigenvalue weighted by Gasteiger charge is -2.33. The van der Waals surface area contributed by atoms with Gasteiger partial charge in [0.15, 0.2) is 0 Å². The van der Waals surface area contributed by atoms with Gasteiger partial charge in [0.05, 0.1) is 18.5 Å². The first-order chi connectivity index (χ1) is 14.6. The Balaban J connectivity index is 0.00000341. The summed E-state index contributed by atoms with van der Waals surface area (Å²) in [7, 11) is 1.67. The minimum Gasteiger partial charge on any atom is -0.496 e. The van der Waals surface area contributed by atoms with Crippen molar-refractivity contribution < 1.29 is 19.5 Å². The summed E-state index contributed by atoms with van der Waals surface area (Å²) in [6.45, 7) is 1.37. The normalized spacial score (nSPS) is 16.2. The van der Waals surface area contributed by atoms with Crippen molar-refractivity contribution in [2.75, 3.05) is 20.2 Å². The van der Waals surface area contributed by atoms with E-state index in [2.05, 4.69) is 11.1 Å². The summed E-state index contributed by atoms with van der Waals surface area (Å²) in [6, 6.07) is 13.2. The van der Waals surface area contributed by atoms with Gasteiger partial charge in [-0.05, 0) is 48.8 Å². The second kappa shape index (κ2) is 11.9. The molecule has 0 bridgehead atoms. The van der Waals surface area contributed by atoms with Gasteiger partial charge in [-0.15, -0.1) is 12.4 Å². The van der Waals surface area contributed by atoms with Gasteiger partial charge in [0.1, 0.15) is 5.75 Å². The Hall–Kier alpha value is -3.16. The second-order valence-corrected chi connectivity index (χ2v) is 7.00. The van der Waals surface area contributed by atoms with Crippen LogP contribution in [0.5, 0.6) is 5.75 Å². The fourth-order valence-electron chi connectivity index (χ4n) is 3.55. The molecule has 1 atom stereocenters. The lowest BCUT2D eigenvalue weighted by atomic mass is 9.90. The van der Waals surface area contributed by atoms with Gasteiger partial charge in [-0.2, -0.15) is 0 Å². The third-order valence-corrected chi connectivity index (χ3v) is 5.02. The third kappa shape index (κ3) is 6.67. The van der Waals surface area contributed by atoms with Crippen LogP contribution in [-0.4, -0.2) is 47.1 Å². The summed E-state index contributed by atoms with van der Waals surface area (Å²) < 4.78 is 5.48. The van der Waals surface area contributed by atoms with Gasteiger partial charge in [-0.25, -0.2) is 10.5 Å². The van der Waals surface area contributed by atoms with Crippen LogP contribution in [0.1, 0.15) is 35.7 Å². The third-order valence-electron chi connectivity index (χ3n) is 5.02. The largest absolute Gasteiger partial charge is 0.496 e. The number of para-hydroxylation sites is 1. The van der Waals surface area contributed by atoms with E-state index in [1.165, 1.54) is 23.7 Å². The van der Waals surface area contributed by atoms with Crippen molar-refractivity contribution in [3.8, 4) is 5.75 Å². The van der Waals surface area contributed by atoms with E-state index in [4.69, 9.17) is 9.94 Å². The van der Waals surface area contributed by atoms with Gasteiger partial charge in [0.2, 0.25) is 5.91 Å². The van der Waals surface area contributed by atoms with E-state index in [-0.39, 0.29) is 24.2 Å². The van der Waals surface area contributed by atoms with Gasteiger partial charge >= 0.3 is 0 Å². The zero-order valence-corrected chi connectivity index (χ0v) is 18.0.